The first kappa shape index (κ1) is 12.7. The number of H-pyrrole nitrogens is 1. The number of aromatic amines is 1. The van der Waals surface area contributed by atoms with E-state index in [9.17, 15) is 0 Å². The van der Waals surface area contributed by atoms with E-state index in [1.807, 2.05) is 12.3 Å². The molecule has 20 heavy (non-hydrogen) atoms. The van der Waals surface area contributed by atoms with Crippen molar-refractivity contribution in [3.8, 4) is 0 Å². The summed E-state index contributed by atoms with van der Waals surface area (Å²) in [5, 5.41) is 4.38. The molecule has 0 spiro atoms. The second kappa shape index (κ2) is 4.96. The Balaban J connectivity index is 1.99. The Kier molecular flexibility index (Phi) is 3.14. The number of hydrogen-bond acceptors (Lipinski definition) is 3. The normalized spacial score (nSPS) is 11.2. The van der Waals surface area contributed by atoms with Gasteiger partial charge in [0.1, 0.15) is 17.8 Å². The van der Waals surface area contributed by atoms with Crippen molar-refractivity contribution in [1.82, 2.24) is 15.0 Å². The van der Waals surface area contributed by atoms with E-state index in [1.165, 1.54) is 11.1 Å². The zero-order valence-electron chi connectivity index (χ0n) is 11.9. The molecule has 0 fully saturated rings. The molecule has 4 nitrogen and oxygen atoms in total. The van der Waals surface area contributed by atoms with E-state index in [0.717, 1.165) is 22.5 Å². The summed E-state index contributed by atoms with van der Waals surface area (Å²) in [5.74, 6) is 1.34. The standard InChI is InChI=1S/C16H18N4/c1-10(2)14-8-12(5-4-11(14)3)20-16-13-6-7-17-15(13)18-9-19-16/h4-10H,1-3H3,(H2,17,18,19,20). The average Bonchev–Trinajstić information content (AvgIpc) is 2.90. The van der Waals surface area contributed by atoms with Gasteiger partial charge in [0, 0.05) is 11.9 Å². The lowest BCUT2D eigenvalue weighted by Crippen LogP contribution is -1.98. The van der Waals surface area contributed by atoms with Crippen LogP contribution in [0.15, 0.2) is 36.8 Å². The molecule has 2 aromatic heterocycles. The minimum Gasteiger partial charge on any atom is -0.346 e. The smallest absolute Gasteiger partial charge is 0.143 e. The first-order chi connectivity index (χ1) is 9.65. The molecular weight excluding hydrogens is 248 g/mol. The summed E-state index contributed by atoms with van der Waals surface area (Å²) >= 11 is 0. The summed E-state index contributed by atoms with van der Waals surface area (Å²) in [6, 6.07) is 8.41. The molecule has 0 amide bonds. The number of anilines is 2. The lowest BCUT2D eigenvalue weighted by atomic mass is 9.97. The number of nitrogens with one attached hydrogen (secondary N) is 2. The van der Waals surface area contributed by atoms with Crippen LogP contribution in [0.1, 0.15) is 30.9 Å². The molecule has 0 atom stereocenters. The largest absolute Gasteiger partial charge is 0.346 e. The molecule has 1 aromatic carbocycles. The van der Waals surface area contributed by atoms with Crippen molar-refractivity contribution in [3.63, 3.8) is 0 Å². The van der Waals surface area contributed by atoms with E-state index in [-0.39, 0.29) is 0 Å². The lowest BCUT2D eigenvalue weighted by Gasteiger charge is -2.13. The molecule has 102 valence electrons. The fourth-order valence-corrected chi connectivity index (χ4v) is 2.45. The van der Waals surface area contributed by atoms with E-state index in [0.29, 0.717) is 5.92 Å². The second-order valence-electron chi connectivity index (χ2n) is 5.31. The van der Waals surface area contributed by atoms with Gasteiger partial charge in [0.2, 0.25) is 0 Å². The van der Waals surface area contributed by atoms with Crippen LogP contribution in [0, 0.1) is 6.92 Å². The van der Waals surface area contributed by atoms with Crippen LogP contribution in [-0.4, -0.2) is 15.0 Å². The van der Waals surface area contributed by atoms with Gasteiger partial charge in [-0.3, -0.25) is 0 Å². The van der Waals surface area contributed by atoms with Crippen molar-refractivity contribution < 1.29 is 0 Å². The third-order valence-corrected chi connectivity index (χ3v) is 3.52. The van der Waals surface area contributed by atoms with Gasteiger partial charge >= 0.3 is 0 Å². The maximum absolute atomic E-state index is 4.33. The monoisotopic (exact) mass is 266 g/mol. The second-order valence-corrected chi connectivity index (χ2v) is 5.31. The fraction of sp³-hybridized carbons (Fsp3) is 0.250. The van der Waals surface area contributed by atoms with Crippen molar-refractivity contribution >= 4 is 22.5 Å². The van der Waals surface area contributed by atoms with Gasteiger partial charge in [-0.05, 0) is 42.2 Å². The molecule has 2 N–H and O–H groups in total. The number of aryl methyl sites for hydroxylation is 1. The highest BCUT2D eigenvalue weighted by Crippen LogP contribution is 2.26. The van der Waals surface area contributed by atoms with Crippen LogP contribution in [0.3, 0.4) is 0 Å². The van der Waals surface area contributed by atoms with Gasteiger partial charge in [0.25, 0.3) is 0 Å². The zero-order chi connectivity index (χ0) is 14.1. The topological polar surface area (TPSA) is 53.6 Å². The van der Waals surface area contributed by atoms with Crippen LogP contribution in [-0.2, 0) is 0 Å². The van der Waals surface area contributed by atoms with E-state index in [1.54, 1.807) is 6.33 Å². The van der Waals surface area contributed by atoms with Gasteiger partial charge in [-0.2, -0.15) is 0 Å². The Labute approximate surface area is 118 Å². The van der Waals surface area contributed by atoms with Crippen molar-refractivity contribution in [2.75, 3.05) is 5.32 Å². The number of nitrogens with zero attached hydrogens (tertiary/aromatic N) is 2. The molecular formula is C16H18N4. The highest BCUT2D eigenvalue weighted by molar-refractivity contribution is 5.88. The summed E-state index contributed by atoms with van der Waals surface area (Å²) in [6.07, 6.45) is 3.44. The van der Waals surface area contributed by atoms with Crippen LogP contribution < -0.4 is 5.32 Å². The van der Waals surface area contributed by atoms with Crippen molar-refractivity contribution in [2.24, 2.45) is 0 Å². The van der Waals surface area contributed by atoms with Crippen molar-refractivity contribution in [3.05, 3.63) is 47.9 Å². The molecule has 2 heterocycles. The van der Waals surface area contributed by atoms with Crippen LogP contribution in [0.5, 0.6) is 0 Å². The fourth-order valence-electron chi connectivity index (χ4n) is 2.45. The lowest BCUT2D eigenvalue weighted by molar-refractivity contribution is 0.857. The highest BCUT2D eigenvalue weighted by atomic mass is 15.0. The van der Waals surface area contributed by atoms with Gasteiger partial charge in [-0.15, -0.1) is 0 Å². The molecule has 0 saturated carbocycles. The van der Waals surface area contributed by atoms with Gasteiger partial charge in [0.15, 0.2) is 0 Å². The minimum absolute atomic E-state index is 0.509. The Morgan fingerprint density at radius 3 is 2.80 bits per heavy atom. The Morgan fingerprint density at radius 1 is 1.15 bits per heavy atom. The number of rotatable bonds is 3. The predicted octanol–water partition coefficient (Wildman–Crippen LogP) is 4.13. The number of fused-ring (bicyclic) bond motifs is 1. The number of aromatic nitrogens is 3. The zero-order valence-corrected chi connectivity index (χ0v) is 11.9. The third-order valence-electron chi connectivity index (χ3n) is 3.52. The van der Waals surface area contributed by atoms with Crippen LogP contribution >= 0.6 is 0 Å². The van der Waals surface area contributed by atoms with E-state index in [2.05, 4.69) is 59.2 Å². The molecule has 0 bridgehead atoms. The molecule has 0 radical (unpaired) electrons. The van der Waals surface area contributed by atoms with Gasteiger partial charge in [-0.1, -0.05) is 19.9 Å². The Bertz CT molecular complexity index is 743. The predicted molar refractivity (Wildman–Crippen MR) is 82.4 cm³/mol. The van der Waals surface area contributed by atoms with E-state index >= 15 is 0 Å². The maximum Gasteiger partial charge on any atom is 0.143 e. The summed E-state index contributed by atoms with van der Waals surface area (Å²) in [6.45, 7) is 6.57. The summed E-state index contributed by atoms with van der Waals surface area (Å²) in [7, 11) is 0. The molecule has 0 aliphatic carbocycles. The molecule has 3 aromatic rings. The first-order valence-corrected chi connectivity index (χ1v) is 6.81. The Morgan fingerprint density at radius 2 is 2.00 bits per heavy atom. The Hall–Kier alpha value is -2.36. The third kappa shape index (κ3) is 2.25. The molecule has 0 unspecified atom stereocenters. The molecule has 0 aliphatic heterocycles. The first-order valence-electron chi connectivity index (χ1n) is 6.81. The molecule has 0 aliphatic rings. The average molecular weight is 266 g/mol. The minimum atomic E-state index is 0.509. The molecule has 0 saturated heterocycles. The van der Waals surface area contributed by atoms with Crippen LogP contribution in [0.4, 0.5) is 11.5 Å². The molecule has 3 rings (SSSR count). The van der Waals surface area contributed by atoms with E-state index < -0.39 is 0 Å². The molecule has 4 heteroatoms. The summed E-state index contributed by atoms with van der Waals surface area (Å²) in [4.78, 5) is 11.6. The summed E-state index contributed by atoms with van der Waals surface area (Å²) in [5.41, 5.74) is 4.58. The number of hydrogen-bond donors (Lipinski definition) is 2. The van der Waals surface area contributed by atoms with Crippen molar-refractivity contribution in [2.45, 2.75) is 26.7 Å². The quantitative estimate of drug-likeness (QED) is 0.749. The van der Waals surface area contributed by atoms with Crippen molar-refractivity contribution in [1.29, 1.82) is 0 Å². The van der Waals surface area contributed by atoms with E-state index in [4.69, 9.17) is 0 Å². The highest BCUT2D eigenvalue weighted by Gasteiger charge is 2.07. The van der Waals surface area contributed by atoms with Gasteiger partial charge in [-0.25, -0.2) is 9.97 Å². The SMILES string of the molecule is Cc1ccc(Nc2ncnc3[nH]ccc23)cc1C(C)C. The van der Waals surface area contributed by atoms with Crippen LogP contribution in [0.25, 0.3) is 11.0 Å². The van der Waals surface area contributed by atoms with Crippen LogP contribution in [0.2, 0.25) is 0 Å². The van der Waals surface area contributed by atoms with Gasteiger partial charge < -0.3 is 10.3 Å². The number of benzene rings is 1. The summed E-state index contributed by atoms with van der Waals surface area (Å²) < 4.78 is 0. The van der Waals surface area contributed by atoms with Gasteiger partial charge in [0.05, 0.1) is 5.39 Å². The maximum atomic E-state index is 4.33.